The molecule has 0 saturated heterocycles. The van der Waals surface area contributed by atoms with Crippen LogP contribution >= 0.6 is 27.3 Å². The summed E-state index contributed by atoms with van der Waals surface area (Å²) in [7, 11) is -1.55. The fourth-order valence-corrected chi connectivity index (χ4v) is 2.93. The number of fused-ring (bicyclic) bond motifs is 1. The van der Waals surface area contributed by atoms with E-state index in [1.54, 1.807) is 11.4 Å². The molecule has 72 valence electrons. The van der Waals surface area contributed by atoms with Gasteiger partial charge in [0, 0.05) is 15.3 Å². The predicted octanol–water partition coefficient (Wildman–Crippen LogP) is 1.05. The van der Waals surface area contributed by atoms with Crippen molar-refractivity contribution in [2.75, 3.05) is 0 Å². The molecule has 3 N–H and O–H groups in total. The molecule has 14 heavy (non-hydrogen) atoms. The van der Waals surface area contributed by atoms with E-state index in [9.17, 15) is 5.11 Å². The standard InChI is InChI=1S/C8H6BBrO3S/c10-5-1-2-6(11)7-4(9(12)13)3-14-8(5)7/h1-3,11-13H. The Morgan fingerprint density at radius 2 is 2.00 bits per heavy atom. The molecule has 6 heteroatoms. The van der Waals surface area contributed by atoms with Gasteiger partial charge in [-0.05, 0) is 33.4 Å². The van der Waals surface area contributed by atoms with Crippen LogP contribution in [0.2, 0.25) is 0 Å². The van der Waals surface area contributed by atoms with Gasteiger partial charge in [0.05, 0.1) is 4.70 Å². The number of thiophene rings is 1. The lowest BCUT2D eigenvalue weighted by atomic mass is 9.80. The minimum absolute atomic E-state index is 0.0625. The largest absolute Gasteiger partial charge is 0.507 e. The number of phenolic OH excluding ortho intramolecular Hbond substituents is 1. The first-order chi connectivity index (χ1) is 6.61. The second-order valence-electron chi connectivity index (χ2n) is 2.84. The van der Waals surface area contributed by atoms with Crippen LogP contribution in [0.15, 0.2) is 22.0 Å². The molecule has 1 aromatic heterocycles. The molecule has 0 aliphatic heterocycles. The summed E-state index contributed by atoms with van der Waals surface area (Å²) in [4.78, 5) is 0. The van der Waals surface area contributed by atoms with Crippen LogP contribution in [0.1, 0.15) is 0 Å². The van der Waals surface area contributed by atoms with E-state index in [0.717, 1.165) is 9.17 Å². The molecule has 1 heterocycles. The van der Waals surface area contributed by atoms with Gasteiger partial charge in [-0.25, -0.2) is 0 Å². The Bertz CT molecular complexity index is 483. The third-order valence-electron chi connectivity index (χ3n) is 1.96. The van der Waals surface area contributed by atoms with Crippen molar-refractivity contribution < 1.29 is 15.2 Å². The van der Waals surface area contributed by atoms with Gasteiger partial charge >= 0.3 is 7.12 Å². The van der Waals surface area contributed by atoms with Crippen LogP contribution in [0, 0.1) is 0 Å². The Labute approximate surface area is 92.9 Å². The topological polar surface area (TPSA) is 60.7 Å². The number of aromatic hydroxyl groups is 1. The number of rotatable bonds is 1. The normalized spacial score (nSPS) is 10.8. The Hall–Kier alpha value is -0.555. The van der Waals surface area contributed by atoms with E-state index >= 15 is 0 Å². The maximum absolute atomic E-state index is 9.58. The van der Waals surface area contributed by atoms with Crippen LogP contribution in [-0.2, 0) is 0 Å². The Morgan fingerprint density at radius 3 is 2.64 bits per heavy atom. The first kappa shape index (κ1) is 9.98. The van der Waals surface area contributed by atoms with Gasteiger partial charge in [-0.1, -0.05) is 0 Å². The van der Waals surface area contributed by atoms with E-state index in [2.05, 4.69) is 15.9 Å². The zero-order chi connectivity index (χ0) is 10.3. The summed E-state index contributed by atoms with van der Waals surface area (Å²) in [6.07, 6.45) is 0. The molecule has 1 aromatic carbocycles. The van der Waals surface area contributed by atoms with Gasteiger partial charge in [0.15, 0.2) is 0 Å². The molecular formula is C8H6BBrO3S. The summed E-state index contributed by atoms with van der Waals surface area (Å²) >= 11 is 4.69. The number of hydrogen-bond acceptors (Lipinski definition) is 4. The van der Waals surface area contributed by atoms with Crippen molar-refractivity contribution in [2.24, 2.45) is 0 Å². The molecule has 0 aliphatic carbocycles. The molecule has 0 fully saturated rings. The Morgan fingerprint density at radius 1 is 1.29 bits per heavy atom. The van der Waals surface area contributed by atoms with E-state index in [0.29, 0.717) is 10.8 Å². The van der Waals surface area contributed by atoms with E-state index in [-0.39, 0.29) is 5.75 Å². The van der Waals surface area contributed by atoms with Crippen molar-refractivity contribution >= 4 is 49.9 Å². The molecule has 2 rings (SSSR count). The summed E-state index contributed by atoms with van der Waals surface area (Å²) in [5, 5.41) is 29.8. The highest BCUT2D eigenvalue weighted by molar-refractivity contribution is 9.10. The molecule has 0 radical (unpaired) electrons. The molecule has 0 atom stereocenters. The summed E-state index contributed by atoms with van der Waals surface area (Å²) in [5.74, 6) is 0.0625. The minimum Gasteiger partial charge on any atom is -0.507 e. The number of hydrogen-bond donors (Lipinski definition) is 3. The van der Waals surface area contributed by atoms with Crippen LogP contribution in [0.5, 0.6) is 5.75 Å². The zero-order valence-corrected chi connectivity index (χ0v) is 9.34. The SMILES string of the molecule is OB(O)c1csc2c(Br)ccc(O)c12. The van der Waals surface area contributed by atoms with Gasteiger partial charge in [-0.15, -0.1) is 11.3 Å². The molecule has 0 bridgehead atoms. The first-order valence-electron chi connectivity index (χ1n) is 3.86. The number of phenols is 1. The first-order valence-corrected chi connectivity index (χ1v) is 5.53. The second kappa shape index (κ2) is 3.54. The molecule has 0 aliphatic rings. The molecular weight excluding hydrogens is 267 g/mol. The maximum Gasteiger partial charge on any atom is 0.490 e. The number of benzene rings is 1. The quantitative estimate of drug-likeness (QED) is 0.680. The Balaban J connectivity index is 2.84. The zero-order valence-electron chi connectivity index (χ0n) is 6.94. The summed E-state index contributed by atoms with van der Waals surface area (Å²) in [5.41, 5.74) is 0.337. The lowest BCUT2D eigenvalue weighted by molar-refractivity contribution is 0.426. The monoisotopic (exact) mass is 272 g/mol. The molecule has 0 spiro atoms. The van der Waals surface area contributed by atoms with Gasteiger partial charge in [0.1, 0.15) is 5.75 Å². The van der Waals surface area contributed by atoms with Crippen molar-refractivity contribution in [1.29, 1.82) is 0 Å². The van der Waals surface area contributed by atoms with E-state index in [4.69, 9.17) is 10.0 Å². The Kier molecular flexibility index (Phi) is 2.53. The van der Waals surface area contributed by atoms with Gasteiger partial charge in [-0.3, -0.25) is 0 Å². The summed E-state index contributed by atoms with van der Waals surface area (Å²) < 4.78 is 1.65. The van der Waals surface area contributed by atoms with Crippen LogP contribution < -0.4 is 5.46 Å². The highest BCUT2D eigenvalue weighted by Gasteiger charge is 2.19. The van der Waals surface area contributed by atoms with Crippen molar-refractivity contribution in [1.82, 2.24) is 0 Å². The van der Waals surface area contributed by atoms with Crippen LogP contribution in [0.25, 0.3) is 10.1 Å². The second-order valence-corrected chi connectivity index (χ2v) is 4.57. The average Bonchev–Trinajstić information content (AvgIpc) is 2.56. The van der Waals surface area contributed by atoms with Crippen molar-refractivity contribution in [2.45, 2.75) is 0 Å². The third kappa shape index (κ3) is 1.44. The highest BCUT2D eigenvalue weighted by Crippen LogP contribution is 2.33. The predicted molar refractivity (Wildman–Crippen MR) is 61.0 cm³/mol. The van der Waals surface area contributed by atoms with Gasteiger partial charge in [0.25, 0.3) is 0 Å². The smallest absolute Gasteiger partial charge is 0.490 e. The third-order valence-corrected chi connectivity index (χ3v) is 3.91. The molecule has 0 amide bonds. The molecule has 0 saturated carbocycles. The van der Waals surface area contributed by atoms with E-state index in [1.165, 1.54) is 17.4 Å². The fourth-order valence-electron chi connectivity index (χ4n) is 1.31. The van der Waals surface area contributed by atoms with Crippen LogP contribution in [0.4, 0.5) is 0 Å². The van der Waals surface area contributed by atoms with Crippen molar-refractivity contribution in [3.8, 4) is 5.75 Å². The maximum atomic E-state index is 9.58. The van der Waals surface area contributed by atoms with Gasteiger partial charge in [0.2, 0.25) is 0 Å². The van der Waals surface area contributed by atoms with E-state index < -0.39 is 7.12 Å². The van der Waals surface area contributed by atoms with Gasteiger partial charge in [-0.2, -0.15) is 0 Å². The molecule has 0 unspecified atom stereocenters. The molecule has 3 nitrogen and oxygen atoms in total. The van der Waals surface area contributed by atoms with Crippen molar-refractivity contribution in [3.63, 3.8) is 0 Å². The molecule has 2 aromatic rings. The lowest BCUT2D eigenvalue weighted by Crippen LogP contribution is -2.28. The minimum atomic E-state index is -1.55. The highest BCUT2D eigenvalue weighted by atomic mass is 79.9. The van der Waals surface area contributed by atoms with Crippen LogP contribution in [0.3, 0.4) is 0 Å². The van der Waals surface area contributed by atoms with Crippen molar-refractivity contribution in [3.05, 3.63) is 22.0 Å². The summed E-state index contributed by atoms with van der Waals surface area (Å²) in [6, 6.07) is 3.24. The summed E-state index contributed by atoms with van der Waals surface area (Å²) in [6.45, 7) is 0. The van der Waals surface area contributed by atoms with Gasteiger partial charge < -0.3 is 15.2 Å². The average molecular weight is 273 g/mol. The lowest BCUT2D eigenvalue weighted by Gasteiger charge is -2.00. The van der Waals surface area contributed by atoms with E-state index in [1.807, 2.05) is 0 Å². The number of halogens is 1. The van der Waals surface area contributed by atoms with Crippen LogP contribution in [-0.4, -0.2) is 22.3 Å². The fraction of sp³-hybridized carbons (Fsp3) is 0.